The van der Waals surface area contributed by atoms with Gasteiger partial charge in [0.05, 0.1) is 0 Å². The maximum atomic E-state index is 11.3. The largest absolute Gasteiger partial charge is 0.481 e. The maximum absolute atomic E-state index is 11.3. The van der Waals surface area contributed by atoms with Crippen LogP contribution >= 0.6 is 0 Å². The fourth-order valence-corrected chi connectivity index (χ4v) is 0.970. The van der Waals surface area contributed by atoms with E-state index in [1.54, 1.807) is 18.2 Å². The average molecular weight is 207 g/mol. The molecule has 1 aromatic carbocycles. The van der Waals surface area contributed by atoms with Crippen molar-refractivity contribution in [3.05, 3.63) is 35.9 Å². The van der Waals surface area contributed by atoms with Crippen LogP contribution in [0, 0.1) is 0 Å². The molecule has 0 spiro atoms. The summed E-state index contributed by atoms with van der Waals surface area (Å²) in [5.41, 5.74) is 0.316. The summed E-state index contributed by atoms with van der Waals surface area (Å²) >= 11 is 0. The number of carbonyl (C=O) groups excluding carboxylic acids is 2. The topological polar surface area (TPSA) is 83.5 Å². The lowest BCUT2D eigenvalue weighted by atomic mass is 10.2. The standard InChI is InChI=1S/C10H9NO4/c12-8(6-9(13)14)11-10(15)7-4-2-1-3-5-7/h1-5H,6H2,(H,13,14)(H,11,12,15). The summed E-state index contributed by atoms with van der Waals surface area (Å²) in [5.74, 6) is -2.69. The molecule has 0 atom stereocenters. The second kappa shape index (κ2) is 4.90. The van der Waals surface area contributed by atoms with Crippen molar-refractivity contribution in [2.75, 3.05) is 0 Å². The van der Waals surface area contributed by atoms with Gasteiger partial charge in [-0.1, -0.05) is 18.2 Å². The average Bonchev–Trinajstić information content (AvgIpc) is 2.17. The molecule has 0 fully saturated rings. The van der Waals surface area contributed by atoms with Crippen LogP contribution < -0.4 is 5.32 Å². The number of aliphatic carboxylic acids is 1. The summed E-state index contributed by atoms with van der Waals surface area (Å²) in [4.78, 5) is 32.4. The first-order valence-electron chi connectivity index (χ1n) is 4.20. The molecule has 1 aromatic rings. The van der Waals surface area contributed by atoms with Gasteiger partial charge in [0.25, 0.3) is 5.91 Å². The van der Waals surface area contributed by atoms with Crippen LogP contribution in [-0.2, 0) is 9.59 Å². The third kappa shape index (κ3) is 3.60. The molecule has 0 saturated carbocycles. The van der Waals surface area contributed by atoms with Crippen LogP contribution in [0.4, 0.5) is 0 Å². The summed E-state index contributed by atoms with van der Waals surface area (Å²) in [6.07, 6.45) is -0.710. The van der Waals surface area contributed by atoms with E-state index < -0.39 is 24.2 Å². The molecule has 0 aliphatic heterocycles. The van der Waals surface area contributed by atoms with Crippen molar-refractivity contribution in [3.63, 3.8) is 0 Å². The van der Waals surface area contributed by atoms with E-state index in [0.717, 1.165) is 0 Å². The van der Waals surface area contributed by atoms with Crippen LogP contribution in [0.2, 0.25) is 0 Å². The molecule has 78 valence electrons. The number of imide groups is 1. The van der Waals surface area contributed by atoms with Crippen molar-refractivity contribution in [3.8, 4) is 0 Å². The zero-order valence-corrected chi connectivity index (χ0v) is 7.77. The van der Waals surface area contributed by atoms with Gasteiger partial charge < -0.3 is 5.11 Å². The fraction of sp³-hybridized carbons (Fsp3) is 0.100. The monoisotopic (exact) mass is 207 g/mol. The Hall–Kier alpha value is -2.17. The number of rotatable bonds is 3. The highest BCUT2D eigenvalue weighted by Crippen LogP contribution is 1.97. The molecule has 2 amide bonds. The number of carboxylic acid groups (broad SMARTS) is 1. The molecule has 0 unspecified atom stereocenters. The predicted molar refractivity (Wildman–Crippen MR) is 51.2 cm³/mol. The fourth-order valence-electron chi connectivity index (χ4n) is 0.970. The van der Waals surface area contributed by atoms with Crippen LogP contribution in [0.1, 0.15) is 16.8 Å². The van der Waals surface area contributed by atoms with Crippen molar-refractivity contribution in [2.45, 2.75) is 6.42 Å². The minimum atomic E-state index is -1.27. The van der Waals surface area contributed by atoms with Gasteiger partial charge in [-0.05, 0) is 12.1 Å². The van der Waals surface area contributed by atoms with Gasteiger partial charge in [0, 0.05) is 5.56 Å². The Bertz CT molecular complexity index is 386. The van der Waals surface area contributed by atoms with E-state index in [1.807, 2.05) is 5.32 Å². The van der Waals surface area contributed by atoms with Gasteiger partial charge in [0.1, 0.15) is 6.42 Å². The molecule has 15 heavy (non-hydrogen) atoms. The summed E-state index contributed by atoms with van der Waals surface area (Å²) in [6.45, 7) is 0. The van der Waals surface area contributed by atoms with Crippen LogP contribution in [0.5, 0.6) is 0 Å². The minimum Gasteiger partial charge on any atom is -0.481 e. The lowest BCUT2D eigenvalue weighted by molar-refractivity contribution is -0.140. The van der Waals surface area contributed by atoms with Gasteiger partial charge in [-0.25, -0.2) is 0 Å². The van der Waals surface area contributed by atoms with Crippen molar-refractivity contribution in [1.29, 1.82) is 0 Å². The maximum Gasteiger partial charge on any atom is 0.312 e. The van der Waals surface area contributed by atoms with E-state index >= 15 is 0 Å². The number of hydrogen-bond donors (Lipinski definition) is 2. The van der Waals surface area contributed by atoms with Crippen LogP contribution in [0.25, 0.3) is 0 Å². The molecular weight excluding hydrogens is 198 g/mol. The number of benzene rings is 1. The Kier molecular flexibility index (Phi) is 3.56. The second-order valence-electron chi connectivity index (χ2n) is 2.81. The highest BCUT2D eigenvalue weighted by atomic mass is 16.4. The van der Waals surface area contributed by atoms with Crippen molar-refractivity contribution in [1.82, 2.24) is 5.32 Å². The van der Waals surface area contributed by atoms with Gasteiger partial charge in [-0.2, -0.15) is 0 Å². The van der Waals surface area contributed by atoms with E-state index in [-0.39, 0.29) is 0 Å². The van der Waals surface area contributed by atoms with E-state index in [2.05, 4.69) is 0 Å². The lowest BCUT2D eigenvalue weighted by Crippen LogP contribution is -2.31. The van der Waals surface area contributed by atoms with Gasteiger partial charge in [0.2, 0.25) is 5.91 Å². The van der Waals surface area contributed by atoms with Gasteiger partial charge in [-0.15, -0.1) is 0 Å². The molecule has 0 saturated heterocycles. The predicted octanol–water partition coefficient (Wildman–Crippen LogP) is 0.418. The van der Waals surface area contributed by atoms with Crippen molar-refractivity contribution in [2.24, 2.45) is 0 Å². The van der Waals surface area contributed by atoms with Gasteiger partial charge in [-0.3, -0.25) is 19.7 Å². The number of amides is 2. The lowest BCUT2D eigenvalue weighted by Gasteiger charge is -2.01. The van der Waals surface area contributed by atoms with E-state index in [0.29, 0.717) is 5.56 Å². The highest BCUT2D eigenvalue weighted by Gasteiger charge is 2.12. The SMILES string of the molecule is O=C(O)CC(=O)NC(=O)c1ccccc1. The second-order valence-corrected chi connectivity index (χ2v) is 2.81. The first-order chi connectivity index (χ1) is 7.09. The molecule has 0 aliphatic carbocycles. The number of carbonyl (C=O) groups is 3. The molecular formula is C10H9NO4. The molecule has 2 N–H and O–H groups in total. The first kappa shape index (κ1) is 10.9. The Morgan fingerprint density at radius 2 is 1.73 bits per heavy atom. The summed E-state index contributed by atoms with van der Waals surface area (Å²) in [7, 11) is 0. The zero-order valence-electron chi connectivity index (χ0n) is 7.77. The third-order valence-corrected chi connectivity index (χ3v) is 1.60. The van der Waals surface area contributed by atoms with Gasteiger partial charge >= 0.3 is 5.97 Å². The molecule has 0 heterocycles. The minimum absolute atomic E-state index is 0.316. The molecule has 0 aliphatic rings. The molecule has 0 radical (unpaired) electrons. The molecule has 1 rings (SSSR count). The summed E-state index contributed by atoms with van der Waals surface area (Å²) < 4.78 is 0. The number of carboxylic acids is 1. The van der Waals surface area contributed by atoms with E-state index in [9.17, 15) is 14.4 Å². The Labute approximate surface area is 85.7 Å². The van der Waals surface area contributed by atoms with Crippen molar-refractivity contribution < 1.29 is 19.5 Å². The Balaban J connectivity index is 2.57. The van der Waals surface area contributed by atoms with Crippen LogP contribution in [0.3, 0.4) is 0 Å². The number of hydrogen-bond acceptors (Lipinski definition) is 3. The molecule has 5 heteroatoms. The molecule has 5 nitrogen and oxygen atoms in total. The smallest absolute Gasteiger partial charge is 0.312 e. The molecule has 0 aromatic heterocycles. The zero-order chi connectivity index (χ0) is 11.3. The normalized spacial score (nSPS) is 9.33. The first-order valence-corrected chi connectivity index (χ1v) is 4.20. The van der Waals surface area contributed by atoms with Crippen LogP contribution in [0.15, 0.2) is 30.3 Å². The summed E-state index contributed by atoms with van der Waals surface area (Å²) in [5, 5.41) is 10.3. The Morgan fingerprint density at radius 1 is 1.13 bits per heavy atom. The summed E-state index contributed by atoms with van der Waals surface area (Å²) in [6, 6.07) is 8.09. The van der Waals surface area contributed by atoms with Gasteiger partial charge in [0.15, 0.2) is 0 Å². The quantitative estimate of drug-likeness (QED) is 0.703. The van der Waals surface area contributed by atoms with Crippen molar-refractivity contribution >= 4 is 17.8 Å². The third-order valence-electron chi connectivity index (χ3n) is 1.60. The molecule has 0 bridgehead atoms. The van der Waals surface area contributed by atoms with E-state index in [4.69, 9.17) is 5.11 Å². The highest BCUT2D eigenvalue weighted by molar-refractivity contribution is 6.08. The van der Waals surface area contributed by atoms with Crippen LogP contribution in [-0.4, -0.2) is 22.9 Å². The Morgan fingerprint density at radius 3 is 2.27 bits per heavy atom. The number of nitrogens with one attached hydrogen (secondary N) is 1. The van der Waals surface area contributed by atoms with E-state index in [1.165, 1.54) is 12.1 Å².